The summed E-state index contributed by atoms with van der Waals surface area (Å²) in [7, 11) is 0. The van der Waals surface area contributed by atoms with Crippen molar-refractivity contribution in [2.24, 2.45) is 5.92 Å². The first kappa shape index (κ1) is 13.4. The zero-order chi connectivity index (χ0) is 13.0. The average molecular weight is 278 g/mol. The summed E-state index contributed by atoms with van der Waals surface area (Å²) in [5.41, 5.74) is 0.786. The molecule has 0 aliphatic carbocycles. The van der Waals surface area contributed by atoms with E-state index in [4.69, 9.17) is 16.3 Å². The summed E-state index contributed by atoms with van der Waals surface area (Å²) in [6, 6.07) is 4.68. The summed E-state index contributed by atoms with van der Waals surface area (Å²) < 4.78 is 33.6. The van der Waals surface area contributed by atoms with Gasteiger partial charge in [-0.15, -0.1) is 0 Å². The lowest BCUT2D eigenvalue weighted by atomic mass is 10.1. The van der Waals surface area contributed by atoms with Crippen molar-refractivity contribution < 1.29 is 18.3 Å². The van der Waals surface area contributed by atoms with E-state index in [1.807, 2.05) is 0 Å². The van der Waals surface area contributed by atoms with Crippen molar-refractivity contribution in [2.75, 3.05) is 25.1 Å². The number of rotatable bonds is 5. The Morgan fingerprint density at radius 3 is 2.94 bits per heavy atom. The lowest BCUT2D eigenvalue weighted by Crippen LogP contribution is -2.14. The van der Waals surface area contributed by atoms with Crippen LogP contribution in [0.5, 0.6) is 5.75 Å². The largest absolute Gasteiger partial charge is 0.433 e. The monoisotopic (exact) mass is 277 g/mol. The fourth-order valence-electron chi connectivity index (χ4n) is 1.81. The van der Waals surface area contributed by atoms with E-state index in [2.05, 4.69) is 10.1 Å². The van der Waals surface area contributed by atoms with Crippen LogP contribution in [0.15, 0.2) is 18.2 Å². The van der Waals surface area contributed by atoms with Gasteiger partial charge in [0.15, 0.2) is 0 Å². The van der Waals surface area contributed by atoms with Crippen LogP contribution in [0.25, 0.3) is 0 Å². The highest BCUT2D eigenvalue weighted by Crippen LogP contribution is 2.29. The van der Waals surface area contributed by atoms with Crippen molar-refractivity contribution in [3.8, 4) is 5.75 Å². The van der Waals surface area contributed by atoms with Crippen LogP contribution >= 0.6 is 11.6 Å². The van der Waals surface area contributed by atoms with Gasteiger partial charge in [-0.2, -0.15) is 8.78 Å². The molecular weight excluding hydrogens is 264 g/mol. The Hall–Kier alpha value is -1.07. The van der Waals surface area contributed by atoms with Gasteiger partial charge in [-0.3, -0.25) is 0 Å². The van der Waals surface area contributed by atoms with Crippen molar-refractivity contribution >= 4 is 17.3 Å². The maximum atomic E-state index is 12.0. The molecule has 1 atom stereocenters. The molecule has 1 heterocycles. The molecule has 1 aliphatic heterocycles. The predicted octanol–water partition coefficient (Wildman–Crippen LogP) is 3.39. The number of alkyl halides is 2. The van der Waals surface area contributed by atoms with Crippen LogP contribution in [0.1, 0.15) is 6.42 Å². The molecule has 3 nitrogen and oxygen atoms in total. The van der Waals surface area contributed by atoms with E-state index >= 15 is 0 Å². The minimum Gasteiger partial charge on any atom is -0.433 e. The molecule has 0 spiro atoms. The predicted molar refractivity (Wildman–Crippen MR) is 65.5 cm³/mol. The quantitative estimate of drug-likeness (QED) is 0.895. The van der Waals surface area contributed by atoms with Gasteiger partial charge in [0.25, 0.3) is 0 Å². The molecule has 1 saturated heterocycles. The summed E-state index contributed by atoms with van der Waals surface area (Å²) in [6.45, 7) is -0.524. The van der Waals surface area contributed by atoms with Gasteiger partial charge in [0.1, 0.15) is 5.75 Å². The summed E-state index contributed by atoms with van der Waals surface area (Å²) in [6.07, 6.45) is 1.04. The standard InChI is InChI=1S/C12H14ClF2NO2/c13-10-5-9(1-2-11(10)18-12(14)15)16-6-8-3-4-17-7-8/h1-2,5,8,12,16H,3-4,6-7H2. The molecular formula is C12H14ClF2NO2. The lowest BCUT2D eigenvalue weighted by molar-refractivity contribution is -0.0497. The molecule has 1 fully saturated rings. The van der Waals surface area contributed by atoms with E-state index in [0.29, 0.717) is 5.92 Å². The first-order valence-corrected chi connectivity index (χ1v) is 6.09. The van der Waals surface area contributed by atoms with E-state index in [-0.39, 0.29) is 10.8 Å². The van der Waals surface area contributed by atoms with Crippen LogP contribution in [-0.2, 0) is 4.74 Å². The summed E-state index contributed by atoms with van der Waals surface area (Å²) in [5.74, 6) is 0.474. The average Bonchev–Trinajstić information content (AvgIpc) is 2.82. The third-order valence-electron chi connectivity index (χ3n) is 2.77. The zero-order valence-electron chi connectivity index (χ0n) is 9.67. The molecule has 0 saturated carbocycles. The van der Waals surface area contributed by atoms with E-state index in [9.17, 15) is 8.78 Å². The molecule has 0 amide bonds. The number of anilines is 1. The van der Waals surface area contributed by atoms with Crippen LogP contribution in [0.4, 0.5) is 14.5 Å². The van der Waals surface area contributed by atoms with Crippen molar-refractivity contribution in [1.29, 1.82) is 0 Å². The molecule has 1 aromatic rings. The Bertz CT molecular complexity index is 398. The first-order chi connectivity index (χ1) is 8.65. The van der Waals surface area contributed by atoms with Crippen molar-refractivity contribution in [1.82, 2.24) is 0 Å². The van der Waals surface area contributed by atoms with Crippen molar-refractivity contribution in [3.63, 3.8) is 0 Å². The fraction of sp³-hybridized carbons (Fsp3) is 0.500. The third-order valence-corrected chi connectivity index (χ3v) is 3.06. The summed E-state index contributed by atoms with van der Waals surface area (Å²) in [4.78, 5) is 0. The third kappa shape index (κ3) is 3.71. The number of nitrogens with one attached hydrogen (secondary N) is 1. The highest BCUT2D eigenvalue weighted by Gasteiger charge is 2.15. The van der Waals surface area contributed by atoms with Crippen molar-refractivity contribution in [2.45, 2.75) is 13.0 Å². The molecule has 0 bridgehead atoms. The molecule has 0 radical (unpaired) electrons. The van der Waals surface area contributed by atoms with Crippen LogP contribution in [0.2, 0.25) is 5.02 Å². The maximum Gasteiger partial charge on any atom is 0.387 e. The molecule has 1 N–H and O–H groups in total. The Labute approximate surface area is 109 Å². The fourth-order valence-corrected chi connectivity index (χ4v) is 2.03. The molecule has 0 aromatic heterocycles. The molecule has 1 unspecified atom stereocenters. The second kappa shape index (κ2) is 6.20. The van der Waals surface area contributed by atoms with E-state index in [1.165, 1.54) is 6.07 Å². The molecule has 1 aromatic carbocycles. The van der Waals surface area contributed by atoms with Gasteiger partial charge in [0.05, 0.1) is 11.6 Å². The summed E-state index contributed by atoms with van der Waals surface area (Å²) in [5, 5.41) is 3.37. The lowest BCUT2D eigenvalue weighted by Gasteiger charge is -2.12. The van der Waals surface area contributed by atoms with Gasteiger partial charge in [-0.05, 0) is 24.6 Å². The topological polar surface area (TPSA) is 30.5 Å². The number of ether oxygens (including phenoxy) is 2. The van der Waals surface area contributed by atoms with E-state index in [0.717, 1.165) is 31.9 Å². The number of halogens is 3. The van der Waals surface area contributed by atoms with Gasteiger partial charge in [-0.1, -0.05) is 11.6 Å². The minimum absolute atomic E-state index is 0.0126. The summed E-state index contributed by atoms with van der Waals surface area (Å²) >= 11 is 5.85. The normalized spacial score (nSPS) is 19.2. The van der Waals surface area contributed by atoms with Gasteiger partial charge in [0.2, 0.25) is 0 Å². The molecule has 1 aliphatic rings. The van der Waals surface area contributed by atoms with Crippen LogP contribution < -0.4 is 10.1 Å². The first-order valence-electron chi connectivity index (χ1n) is 5.71. The number of benzene rings is 1. The Kier molecular flexibility index (Phi) is 4.60. The number of hydrogen-bond acceptors (Lipinski definition) is 3. The second-order valence-electron chi connectivity index (χ2n) is 4.13. The van der Waals surface area contributed by atoms with Gasteiger partial charge in [0, 0.05) is 24.8 Å². The van der Waals surface area contributed by atoms with Crippen LogP contribution in [0.3, 0.4) is 0 Å². The zero-order valence-corrected chi connectivity index (χ0v) is 10.4. The minimum atomic E-state index is -2.86. The van der Waals surface area contributed by atoms with E-state index in [1.54, 1.807) is 12.1 Å². The smallest absolute Gasteiger partial charge is 0.387 e. The van der Waals surface area contributed by atoms with Crippen LogP contribution in [0, 0.1) is 5.92 Å². The van der Waals surface area contributed by atoms with Gasteiger partial charge in [-0.25, -0.2) is 0 Å². The van der Waals surface area contributed by atoms with Gasteiger partial charge >= 0.3 is 6.61 Å². The Balaban J connectivity index is 1.91. The highest BCUT2D eigenvalue weighted by atomic mass is 35.5. The second-order valence-corrected chi connectivity index (χ2v) is 4.54. The maximum absolute atomic E-state index is 12.0. The number of hydrogen-bond donors (Lipinski definition) is 1. The highest BCUT2D eigenvalue weighted by molar-refractivity contribution is 6.32. The van der Waals surface area contributed by atoms with Gasteiger partial charge < -0.3 is 14.8 Å². The molecule has 18 heavy (non-hydrogen) atoms. The Morgan fingerprint density at radius 1 is 1.50 bits per heavy atom. The Morgan fingerprint density at radius 2 is 2.33 bits per heavy atom. The van der Waals surface area contributed by atoms with Crippen LogP contribution in [-0.4, -0.2) is 26.4 Å². The SMILES string of the molecule is FC(F)Oc1ccc(NCC2CCOC2)cc1Cl. The van der Waals surface area contributed by atoms with Crippen molar-refractivity contribution in [3.05, 3.63) is 23.2 Å². The molecule has 2 rings (SSSR count). The molecule has 6 heteroatoms. The van der Waals surface area contributed by atoms with E-state index < -0.39 is 6.61 Å². The molecule has 100 valence electrons.